The first-order valence-electron chi connectivity index (χ1n) is 9.39. The number of nitrogens with one attached hydrogen (secondary N) is 1. The highest BCUT2D eigenvalue weighted by atomic mass is 16.5. The Labute approximate surface area is 153 Å². The number of carbonyl (C=O) groups excluding carboxylic acids is 1. The van der Waals surface area contributed by atoms with E-state index in [0.29, 0.717) is 11.3 Å². The summed E-state index contributed by atoms with van der Waals surface area (Å²) in [5.74, 6) is 0.433. The summed E-state index contributed by atoms with van der Waals surface area (Å²) in [6.45, 7) is 4.29. The molecule has 0 unspecified atom stereocenters. The van der Waals surface area contributed by atoms with Crippen LogP contribution in [0.5, 0.6) is 0 Å². The molecule has 0 bridgehead atoms. The second-order valence-corrected chi connectivity index (χ2v) is 7.26. The van der Waals surface area contributed by atoms with Crippen LogP contribution in [0, 0.1) is 0 Å². The molecule has 2 fully saturated rings. The minimum Gasteiger partial charge on any atom is -0.379 e. The number of carbonyl (C=O) groups is 1. The first-order chi connectivity index (χ1) is 12.8. The quantitative estimate of drug-likeness (QED) is 0.893. The van der Waals surface area contributed by atoms with Gasteiger partial charge in [-0.2, -0.15) is 0 Å². The Balaban J connectivity index is 1.52. The fraction of sp³-hybridized carbons (Fsp3) is 0.500. The highest BCUT2D eigenvalue weighted by Gasteiger charge is 2.38. The molecule has 1 saturated heterocycles. The third-order valence-electron chi connectivity index (χ3n) is 5.42. The maximum Gasteiger partial charge on any atom is 0.257 e. The number of nitrogens with zero attached hydrogens (tertiary/aromatic N) is 2. The largest absolute Gasteiger partial charge is 0.379 e. The fourth-order valence-electron chi connectivity index (χ4n) is 4.07. The molecule has 1 aliphatic heterocycles. The Hall–Kier alpha value is -2.18. The van der Waals surface area contributed by atoms with Gasteiger partial charge < -0.3 is 14.6 Å². The lowest BCUT2D eigenvalue weighted by Crippen LogP contribution is -2.55. The summed E-state index contributed by atoms with van der Waals surface area (Å²) >= 11 is 0. The van der Waals surface area contributed by atoms with Crippen LogP contribution in [0.1, 0.15) is 36.0 Å². The van der Waals surface area contributed by atoms with Gasteiger partial charge in [0, 0.05) is 25.2 Å². The molecule has 0 radical (unpaired) electrons. The van der Waals surface area contributed by atoms with Crippen molar-refractivity contribution in [3.8, 4) is 11.3 Å². The molecule has 1 amide bonds. The molecule has 0 spiro atoms. The van der Waals surface area contributed by atoms with Crippen molar-refractivity contribution in [1.82, 2.24) is 15.4 Å². The van der Waals surface area contributed by atoms with Gasteiger partial charge in [0.05, 0.1) is 24.9 Å². The SMILES string of the molecule is O=C(NC1(CN2CCOCC2)CCCC1)c1cnoc1-c1ccccc1. The van der Waals surface area contributed by atoms with Crippen LogP contribution in [-0.4, -0.2) is 54.4 Å². The van der Waals surface area contributed by atoms with Crippen LogP contribution in [-0.2, 0) is 4.74 Å². The number of hydrogen-bond acceptors (Lipinski definition) is 5. The second-order valence-electron chi connectivity index (χ2n) is 7.26. The molecule has 2 heterocycles. The summed E-state index contributed by atoms with van der Waals surface area (Å²) in [5, 5.41) is 7.20. The Kier molecular flexibility index (Phi) is 5.04. The van der Waals surface area contributed by atoms with E-state index in [-0.39, 0.29) is 11.4 Å². The summed E-state index contributed by atoms with van der Waals surface area (Å²) < 4.78 is 10.8. The van der Waals surface area contributed by atoms with Crippen molar-refractivity contribution in [2.24, 2.45) is 0 Å². The van der Waals surface area contributed by atoms with Gasteiger partial charge in [-0.05, 0) is 12.8 Å². The smallest absolute Gasteiger partial charge is 0.257 e. The highest BCUT2D eigenvalue weighted by molar-refractivity contribution is 5.99. The summed E-state index contributed by atoms with van der Waals surface area (Å²) in [6.07, 6.45) is 5.86. The van der Waals surface area contributed by atoms with Crippen molar-refractivity contribution in [3.63, 3.8) is 0 Å². The van der Waals surface area contributed by atoms with E-state index in [4.69, 9.17) is 9.26 Å². The number of aromatic nitrogens is 1. The second kappa shape index (κ2) is 7.60. The highest BCUT2D eigenvalue weighted by Crippen LogP contribution is 2.32. The van der Waals surface area contributed by atoms with E-state index in [2.05, 4.69) is 15.4 Å². The first kappa shape index (κ1) is 17.2. The van der Waals surface area contributed by atoms with E-state index >= 15 is 0 Å². The van der Waals surface area contributed by atoms with Crippen LogP contribution < -0.4 is 5.32 Å². The number of benzene rings is 1. The van der Waals surface area contributed by atoms with Crippen molar-refractivity contribution in [3.05, 3.63) is 42.1 Å². The van der Waals surface area contributed by atoms with Crippen LogP contribution in [0.15, 0.2) is 41.1 Å². The van der Waals surface area contributed by atoms with Crippen LogP contribution in [0.2, 0.25) is 0 Å². The Morgan fingerprint density at radius 2 is 1.88 bits per heavy atom. The predicted octanol–water partition coefficient (Wildman–Crippen LogP) is 2.72. The van der Waals surface area contributed by atoms with Gasteiger partial charge in [-0.25, -0.2) is 0 Å². The zero-order valence-corrected chi connectivity index (χ0v) is 14.9. The van der Waals surface area contributed by atoms with E-state index in [1.54, 1.807) is 0 Å². The van der Waals surface area contributed by atoms with E-state index in [0.717, 1.165) is 64.1 Å². The lowest BCUT2D eigenvalue weighted by Gasteiger charge is -2.37. The van der Waals surface area contributed by atoms with Crippen LogP contribution >= 0.6 is 0 Å². The van der Waals surface area contributed by atoms with Gasteiger partial charge in [0.1, 0.15) is 5.56 Å². The molecule has 1 aromatic carbocycles. The Bertz CT molecular complexity index is 732. The molecule has 2 aliphatic rings. The third-order valence-corrected chi connectivity index (χ3v) is 5.42. The van der Waals surface area contributed by atoms with Crippen molar-refractivity contribution < 1.29 is 14.1 Å². The van der Waals surface area contributed by atoms with Gasteiger partial charge >= 0.3 is 0 Å². The lowest BCUT2D eigenvalue weighted by molar-refractivity contribution is 0.0238. The zero-order valence-electron chi connectivity index (χ0n) is 14.9. The molecule has 0 atom stereocenters. The van der Waals surface area contributed by atoms with Crippen LogP contribution in [0.3, 0.4) is 0 Å². The summed E-state index contributed by atoms with van der Waals surface area (Å²) in [4.78, 5) is 15.5. The van der Waals surface area contributed by atoms with E-state index in [9.17, 15) is 4.79 Å². The van der Waals surface area contributed by atoms with Crippen molar-refractivity contribution >= 4 is 5.91 Å². The van der Waals surface area contributed by atoms with Gasteiger partial charge in [0.15, 0.2) is 5.76 Å². The molecule has 1 aromatic heterocycles. The van der Waals surface area contributed by atoms with Gasteiger partial charge in [0.25, 0.3) is 5.91 Å². The standard InChI is InChI=1S/C20H25N3O3/c24-19(17-14-21-26-18(17)16-6-2-1-3-7-16)22-20(8-4-5-9-20)15-23-10-12-25-13-11-23/h1-3,6-7,14H,4-5,8-13,15H2,(H,22,24). The average molecular weight is 355 g/mol. The summed E-state index contributed by atoms with van der Waals surface area (Å²) in [5.41, 5.74) is 1.20. The lowest BCUT2D eigenvalue weighted by atomic mass is 9.95. The monoisotopic (exact) mass is 355 g/mol. The topological polar surface area (TPSA) is 67.6 Å². The number of hydrogen-bond donors (Lipinski definition) is 1. The molecular weight excluding hydrogens is 330 g/mol. The van der Waals surface area contributed by atoms with Crippen LogP contribution in [0.25, 0.3) is 11.3 Å². The maximum atomic E-state index is 13.0. The molecule has 1 aliphatic carbocycles. The van der Waals surface area contributed by atoms with Crippen LogP contribution in [0.4, 0.5) is 0 Å². The zero-order chi connectivity index (χ0) is 17.8. The van der Waals surface area contributed by atoms with E-state index in [1.165, 1.54) is 6.20 Å². The molecular formula is C20H25N3O3. The molecule has 138 valence electrons. The minimum atomic E-state index is -0.167. The molecule has 6 nitrogen and oxygen atoms in total. The van der Waals surface area contributed by atoms with Crippen molar-refractivity contribution in [2.75, 3.05) is 32.8 Å². The fourth-order valence-corrected chi connectivity index (χ4v) is 4.07. The number of amides is 1. The van der Waals surface area contributed by atoms with E-state index in [1.807, 2.05) is 30.3 Å². The summed E-state index contributed by atoms with van der Waals surface area (Å²) in [6, 6.07) is 9.65. The molecule has 1 N–H and O–H groups in total. The molecule has 6 heteroatoms. The van der Waals surface area contributed by atoms with Gasteiger partial charge in [0.2, 0.25) is 0 Å². The van der Waals surface area contributed by atoms with Crippen molar-refractivity contribution in [1.29, 1.82) is 0 Å². The molecule has 2 aromatic rings. The molecule has 26 heavy (non-hydrogen) atoms. The summed E-state index contributed by atoms with van der Waals surface area (Å²) in [7, 11) is 0. The molecule has 1 saturated carbocycles. The van der Waals surface area contributed by atoms with Gasteiger partial charge in [-0.1, -0.05) is 48.3 Å². The average Bonchev–Trinajstić information content (AvgIpc) is 3.33. The minimum absolute atomic E-state index is 0.0970. The Morgan fingerprint density at radius 3 is 2.62 bits per heavy atom. The predicted molar refractivity (Wildman–Crippen MR) is 97.9 cm³/mol. The number of morpholine rings is 1. The molecule has 4 rings (SSSR count). The van der Waals surface area contributed by atoms with Gasteiger partial charge in [-0.15, -0.1) is 0 Å². The number of ether oxygens (including phenoxy) is 1. The van der Waals surface area contributed by atoms with Gasteiger partial charge in [-0.3, -0.25) is 9.69 Å². The first-order valence-corrected chi connectivity index (χ1v) is 9.39. The maximum absolute atomic E-state index is 13.0. The normalized spacial score (nSPS) is 20.2. The number of rotatable bonds is 5. The Morgan fingerprint density at radius 1 is 1.15 bits per heavy atom. The van der Waals surface area contributed by atoms with E-state index < -0.39 is 0 Å². The van der Waals surface area contributed by atoms with Crippen molar-refractivity contribution in [2.45, 2.75) is 31.2 Å². The third kappa shape index (κ3) is 3.66.